The zero-order chi connectivity index (χ0) is 23.3. The molecule has 4 rings (SSSR count). The Hall–Kier alpha value is -2.18. The second-order valence-corrected chi connectivity index (χ2v) is 10.4. The van der Waals surface area contributed by atoms with Crippen molar-refractivity contribution in [1.29, 1.82) is 0 Å². The van der Waals surface area contributed by atoms with Crippen molar-refractivity contribution < 1.29 is 33.4 Å². The van der Waals surface area contributed by atoms with Crippen molar-refractivity contribution in [3.8, 4) is 0 Å². The molecule has 0 N–H and O–H groups in total. The fourth-order valence-corrected chi connectivity index (χ4v) is 7.33. The van der Waals surface area contributed by atoms with Gasteiger partial charge in [-0.1, -0.05) is 18.6 Å². The third-order valence-electron chi connectivity index (χ3n) is 8.67. The second kappa shape index (κ2) is 8.31. The van der Waals surface area contributed by atoms with Crippen LogP contribution in [0.4, 0.5) is 0 Å². The van der Waals surface area contributed by atoms with Crippen LogP contribution in [-0.2, 0) is 33.4 Å². The number of hydrogen-bond donors (Lipinski definition) is 0. The van der Waals surface area contributed by atoms with Gasteiger partial charge in [-0.2, -0.15) is 0 Å². The van der Waals surface area contributed by atoms with Crippen molar-refractivity contribution in [1.82, 2.24) is 0 Å². The summed E-state index contributed by atoms with van der Waals surface area (Å²) in [6, 6.07) is 0. The van der Waals surface area contributed by atoms with Gasteiger partial charge in [0.2, 0.25) is 0 Å². The average molecular weight is 447 g/mol. The lowest BCUT2D eigenvalue weighted by atomic mass is 9.47. The molecule has 0 radical (unpaired) electrons. The third kappa shape index (κ3) is 3.77. The quantitative estimate of drug-likeness (QED) is 0.370. The predicted octanol–water partition coefficient (Wildman–Crippen LogP) is 3.53. The van der Waals surface area contributed by atoms with Gasteiger partial charge in [0.05, 0.1) is 0 Å². The van der Waals surface area contributed by atoms with Gasteiger partial charge in [-0.15, -0.1) is 0 Å². The van der Waals surface area contributed by atoms with E-state index in [4.69, 9.17) is 14.2 Å². The van der Waals surface area contributed by atoms with Gasteiger partial charge >= 0.3 is 17.9 Å². The summed E-state index contributed by atoms with van der Waals surface area (Å²) in [5.41, 5.74) is 0.459. The molecule has 0 unspecified atom stereocenters. The molecule has 0 aliphatic heterocycles. The highest BCUT2D eigenvalue weighted by Gasteiger charge is 2.63. The Morgan fingerprint density at radius 2 is 1.72 bits per heavy atom. The van der Waals surface area contributed by atoms with Gasteiger partial charge in [0, 0.05) is 38.0 Å². The van der Waals surface area contributed by atoms with Gasteiger partial charge < -0.3 is 14.2 Å². The van der Waals surface area contributed by atoms with E-state index in [2.05, 4.69) is 6.08 Å². The maximum absolute atomic E-state index is 13.2. The topological polar surface area (TPSA) is 96.0 Å². The molecule has 0 bridgehead atoms. The molecule has 176 valence electrons. The zero-order valence-electron chi connectivity index (χ0n) is 19.5. The van der Waals surface area contributed by atoms with Crippen LogP contribution in [0.3, 0.4) is 0 Å². The summed E-state index contributed by atoms with van der Waals surface area (Å²) < 4.78 is 16.5. The van der Waals surface area contributed by atoms with Crippen LogP contribution in [0, 0.1) is 28.6 Å². The molecule has 32 heavy (non-hydrogen) atoms. The van der Waals surface area contributed by atoms with E-state index in [9.17, 15) is 19.2 Å². The maximum atomic E-state index is 13.2. The van der Waals surface area contributed by atoms with Gasteiger partial charge in [-0.3, -0.25) is 19.2 Å². The highest BCUT2D eigenvalue weighted by atomic mass is 16.6. The van der Waals surface area contributed by atoms with E-state index in [1.165, 1.54) is 26.3 Å². The minimum absolute atomic E-state index is 0.0542. The average Bonchev–Trinajstić information content (AvgIpc) is 2.96. The Labute approximate surface area is 189 Å². The van der Waals surface area contributed by atoms with Crippen LogP contribution in [0.2, 0.25) is 0 Å². The summed E-state index contributed by atoms with van der Waals surface area (Å²) >= 11 is 0. The van der Waals surface area contributed by atoms with Gasteiger partial charge in [0.25, 0.3) is 0 Å². The molecule has 0 aromatic heterocycles. The first-order valence-corrected chi connectivity index (χ1v) is 11.8. The number of ether oxygens (including phenoxy) is 3. The van der Waals surface area contributed by atoms with Crippen molar-refractivity contribution in [3.63, 3.8) is 0 Å². The lowest BCUT2D eigenvalue weighted by molar-refractivity contribution is -0.155. The largest absolute Gasteiger partial charge is 0.465 e. The monoisotopic (exact) mass is 446 g/mol. The molecular formula is C25H34O7. The SMILES string of the molecule is CC(=O)OC[C@]12CC[C@H](OC(C)=O)CC1=CC[C@H]1[C@H]2CC[C@]2(C)C(=O)[C@H](OC(C)=O)C[C@H]12. The summed E-state index contributed by atoms with van der Waals surface area (Å²) in [4.78, 5) is 48.0. The number of fused-ring (bicyclic) bond motifs is 5. The Balaban J connectivity index is 1.65. The van der Waals surface area contributed by atoms with Crippen LogP contribution < -0.4 is 0 Å². The van der Waals surface area contributed by atoms with E-state index in [1.807, 2.05) is 6.92 Å². The molecule has 0 saturated heterocycles. The van der Waals surface area contributed by atoms with Crippen LogP contribution in [0.1, 0.15) is 72.6 Å². The number of carbonyl (C=O) groups is 4. The number of rotatable bonds is 4. The van der Waals surface area contributed by atoms with Gasteiger partial charge in [0.1, 0.15) is 12.7 Å². The first kappa shape index (κ1) is 23.0. The van der Waals surface area contributed by atoms with Crippen molar-refractivity contribution in [2.75, 3.05) is 6.61 Å². The molecule has 4 aliphatic rings. The van der Waals surface area contributed by atoms with Crippen molar-refractivity contribution in [2.45, 2.75) is 84.8 Å². The highest BCUT2D eigenvalue weighted by Crippen LogP contribution is 2.64. The molecule has 0 spiro atoms. The van der Waals surface area contributed by atoms with Crippen molar-refractivity contribution in [2.24, 2.45) is 28.6 Å². The fraction of sp³-hybridized carbons (Fsp3) is 0.760. The molecule has 4 aliphatic carbocycles. The number of Topliss-reactive ketones (excluding diaryl/α,β-unsaturated/α-hetero) is 1. The van der Waals surface area contributed by atoms with Gasteiger partial charge in [-0.25, -0.2) is 0 Å². The first-order chi connectivity index (χ1) is 15.1. The van der Waals surface area contributed by atoms with Crippen LogP contribution in [0.25, 0.3) is 0 Å². The minimum atomic E-state index is -0.657. The van der Waals surface area contributed by atoms with Gasteiger partial charge in [0.15, 0.2) is 11.9 Å². The molecule has 3 fully saturated rings. The van der Waals surface area contributed by atoms with E-state index in [-0.39, 0.29) is 47.0 Å². The van der Waals surface area contributed by atoms with Crippen molar-refractivity contribution >= 4 is 23.7 Å². The van der Waals surface area contributed by atoms with E-state index >= 15 is 0 Å². The predicted molar refractivity (Wildman–Crippen MR) is 114 cm³/mol. The smallest absolute Gasteiger partial charge is 0.303 e. The fourth-order valence-electron chi connectivity index (χ4n) is 7.33. The lowest BCUT2D eigenvalue weighted by Gasteiger charge is -2.57. The third-order valence-corrected chi connectivity index (χ3v) is 8.67. The number of carbonyl (C=O) groups excluding carboxylic acids is 4. The summed E-state index contributed by atoms with van der Waals surface area (Å²) in [6.07, 6.45) is 6.66. The maximum Gasteiger partial charge on any atom is 0.303 e. The molecule has 0 amide bonds. The highest BCUT2D eigenvalue weighted by molar-refractivity contribution is 5.92. The lowest BCUT2D eigenvalue weighted by Crippen LogP contribution is -2.53. The first-order valence-electron chi connectivity index (χ1n) is 11.8. The Kier molecular flexibility index (Phi) is 5.97. The molecule has 0 aromatic rings. The summed E-state index contributed by atoms with van der Waals surface area (Å²) in [5, 5.41) is 0. The molecule has 3 saturated carbocycles. The summed E-state index contributed by atoms with van der Waals surface area (Å²) in [5.74, 6) is -0.247. The van der Waals surface area contributed by atoms with Crippen LogP contribution >= 0.6 is 0 Å². The van der Waals surface area contributed by atoms with E-state index in [0.29, 0.717) is 19.4 Å². The molecule has 7 heteroatoms. The van der Waals surface area contributed by atoms with Crippen molar-refractivity contribution in [3.05, 3.63) is 11.6 Å². The number of esters is 3. The number of hydrogen-bond acceptors (Lipinski definition) is 7. The summed E-state index contributed by atoms with van der Waals surface area (Å²) in [6.45, 7) is 6.58. The van der Waals surface area contributed by atoms with Crippen LogP contribution in [-0.4, -0.2) is 42.5 Å². The normalized spacial score (nSPS) is 40.3. The Bertz CT molecular complexity index is 860. The van der Waals surface area contributed by atoms with Crippen LogP contribution in [0.5, 0.6) is 0 Å². The zero-order valence-corrected chi connectivity index (χ0v) is 19.5. The molecular weight excluding hydrogens is 412 g/mol. The molecule has 0 aromatic carbocycles. The number of ketones is 1. The number of allylic oxidation sites excluding steroid dienone is 1. The minimum Gasteiger partial charge on any atom is -0.465 e. The molecule has 0 heterocycles. The van der Waals surface area contributed by atoms with E-state index < -0.39 is 17.5 Å². The van der Waals surface area contributed by atoms with Crippen LogP contribution in [0.15, 0.2) is 11.6 Å². The molecule has 7 nitrogen and oxygen atoms in total. The van der Waals surface area contributed by atoms with E-state index in [0.717, 1.165) is 32.1 Å². The second-order valence-electron chi connectivity index (χ2n) is 10.4. The standard InChI is InChI=1S/C25H34O7/c1-14(26)30-13-25-10-7-18(31-15(2)27)11-17(25)5-6-19-20(25)8-9-24(4)21(19)12-22(23(24)29)32-16(3)28/h5,18-22H,6-13H2,1-4H3/t18-,19-,20+,21+,22+,24-,25+/m0/s1. The Morgan fingerprint density at radius 3 is 2.38 bits per heavy atom. The Morgan fingerprint density at radius 1 is 1.00 bits per heavy atom. The molecule has 7 atom stereocenters. The summed E-state index contributed by atoms with van der Waals surface area (Å²) in [7, 11) is 0. The van der Waals surface area contributed by atoms with Gasteiger partial charge in [-0.05, 0) is 56.3 Å². The van der Waals surface area contributed by atoms with E-state index in [1.54, 1.807) is 0 Å².